The van der Waals surface area contributed by atoms with Crippen LogP contribution in [-0.4, -0.2) is 0 Å². The summed E-state index contributed by atoms with van der Waals surface area (Å²) < 4.78 is 43.0. The summed E-state index contributed by atoms with van der Waals surface area (Å²) in [6.45, 7) is 2.25. The summed E-state index contributed by atoms with van der Waals surface area (Å²) in [5, 5.41) is 0.710. The molecule has 0 amide bonds. The molecule has 0 heterocycles. The monoisotopic (exact) mass is 458 g/mol. The lowest BCUT2D eigenvalue weighted by Crippen LogP contribution is -2.13. The molecule has 1 aliphatic carbocycles. The molecule has 0 bridgehead atoms. The molecule has 0 N–H and O–H groups in total. The molecule has 3 aromatic rings. The highest BCUT2D eigenvalue weighted by Gasteiger charge is 2.23. The van der Waals surface area contributed by atoms with Crippen LogP contribution in [0.25, 0.3) is 21.9 Å². The number of benzene rings is 3. The maximum atomic E-state index is 15.2. The van der Waals surface area contributed by atoms with Gasteiger partial charge in [-0.05, 0) is 66.2 Å². The number of rotatable bonds is 7. The fourth-order valence-electron chi connectivity index (χ4n) is 5.14. The van der Waals surface area contributed by atoms with Gasteiger partial charge in [0, 0.05) is 10.9 Å². The maximum absolute atomic E-state index is 15.2. The van der Waals surface area contributed by atoms with Crippen LogP contribution >= 0.6 is 11.6 Å². The summed E-state index contributed by atoms with van der Waals surface area (Å²) in [5.41, 5.74) is 1.58. The molecule has 1 fully saturated rings. The highest BCUT2D eigenvalue weighted by atomic mass is 35.5. The van der Waals surface area contributed by atoms with Gasteiger partial charge in [0.25, 0.3) is 0 Å². The van der Waals surface area contributed by atoms with Crippen LogP contribution < -0.4 is 0 Å². The lowest BCUT2D eigenvalue weighted by atomic mass is 9.76. The third-order valence-electron chi connectivity index (χ3n) is 7.06. The van der Waals surface area contributed by atoms with Gasteiger partial charge in [0.2, 0.25) is 0 Å². The van der Waals surface area contributed by atoms with Crippen molar-refractivity contribution in [2.45, 2.75) is 70.6 Å². The zero-order chi connectivity index (χ0) is 22.7. The van der Waals surface area contributed by atoms with E-state index in [1.54, 1.807) is 6.07 Å². The number of hydrogen-bond donors (Lipinski definition) is 0. The van der Waals surface area contributed by atoms with E-state index in [4.69, 9.17) is 11.6 Å². The third-order valence-corrected chi connectivity index (χ3v) is 7.42. The van der Waals surface area contributed by atoms with Crippen LogP contribution in [0.15, 0.2) is 42.5 Å². The van der Waals surface area contributed by atoms with Crippen LogP contribution in [-0.2, 0) is 0 Å². The Morgan fingerprint density at radius 2 is 1.56 bits per heavy atom. The summed E-state index contributed by atoms with van der Waals surface area (Å²) in [6, 6.07) is 11.5. The second-order valence-electron chi connectivity index (χ2n) is 9.23. The van der Waals surface area contributed by atoms with Gasteiger partial charge in [0.05, 0.1) is 0 Å². The van der Waals surface area contributed by atoms with E-state index in [1.165, 1.54) is 63.4 Å². The summed E-state index contributed by atoms with van der Waals surface area (Å²) in [6.07, 6.45) is 11.6. The largest absolute Gasteiger partial charge is 0.206 e. The first-order valence-electron chi connectivity index (χ1n) is 11.8. The predicted molar refractivity (Wildman–Crippen MR) is 128 cm³/mol. The Morgan fingerprint density at radius 3 is 2.25 bits per heavy atom. The molecule has 0 unspecified atom stereocenters. The Labute approximate surface area is 193 Å². The standard InChI is InChI=1S/C28H30ClF3/c1-2-3-4-5-6-18-7-9-19(10-8-18)20-11-13-23-21(15-20)12-14-24(28(23)32)22-16-25(30)27(29)26(31)17-22/h11-19H,2-10H2,1H3. The highest BCUT2D eigenvalue weighted by Crippen LogP contribution is 2.39. The van der Waals surface area contributed by atoms with Crippen LogP contribution in [0.2, 0.25) is 5.02 Å². The fraction of sp³-hybridized carbons (Fsp3) is 0.429. The van der Waals surface area contributed by atoms with Crippen LogP contribution in [0.4, 0.5) is 13.2 Å². The Hall–Kier alpha value is -2.00. The third kappa shape index (κ3) is 4.98. The minimum absolute atomic E-state index is 0.144. The van der Waals surface area contributed by atoms with Gasteiger partial charge in [-0.2, -0.15) is 0 Å². The van der Waals surface area contributed by atoms with E-state index in [1.807, 2.05) is 18.2 Å². The van der Waals surface area contributed by atoms with Gasteiger partial charge in [0.1, 0.15) is 22.5 Å². The van der Waals surface area contributed by atoms with Gasteiger partial charge in [-0.25, -0.2) is 13.2 Å². The second-order valence-corrected chi connectivity index (χ2v) is 9.61. The van der Waals surface area contributed by atoms with Crippen molar-refractivity contribution in [3.05, 3.63) is 70.5 Å². The maximum Gasteiger partial charge on any atom is 0.145 e. The van der Waals surface area contributed by atoms with Crippen molar-refractivity contribution >= 4 is 22.4 Å². The number of fused-ring (bicyclic) bond motifs is 1. The zero-order valence-corrected chi connectivity index (χ0v) is 19.3. The molecule has 1 aliphatic rings. The van der Waals surface area contributed by atoms with Crippen molar-refractivity contribution in [3.8, 4) is 11.1 Å². The minimum atomic E-state index is -0.891. The van der Waals surface area contributed by atoms with Gasteiger partial charge in [-0.3, -0.25) is 0 Å². The molecule has 170 valence electrons. The molecule has 0 atom stereocenters. The highest BCUT2D eigenvalue weighted by molar-refractivity contribution is 6.31. The van der Waals surface area contributed by atoms with Gasteiger partial charge >= 0.3 is 0 Å². The first-order chi connectivity index (χ1) is 15.5. The SMILES string of the molecule is CCCCCCC1CCC(c2ccc3c(F)c(-c4cc(F)c(Cl)c(F)c4)ccc3c2)CC1. The molecule has 32 heavy (non-hydrogen) atoms. The van der Waals surface area contributed by atoms with E-state index in [0.29, 0.717) is 11.3 Å². The summed E-state index contributed by atoms with van der Waals surface area (Å²) in [7, 11) is 0. The second kappa shape index (κ2) is 10.3. The van der Waals surface area contributed by atoms with Crippen molar-refractivity contribution < 1.29 is 13.2 Å². The van der Waals surface area contributed by atoms with Crippen molar-refractivity contribution in [2.24, 2.45) is 5.92 Å². The smallest absolute Gasteiger partial charge is 0.145 e. The summed E-state index contributed by atoms with van der Waals surface area (Å²) in [5.74, 6) is -0.877. The van der Waals surface area contributed by atoms with E-state index in [0.717, 1.165) is 23.4 Å². The number of unbranched alkanes of at least 4 members (excludes halogenated alkanes) is 3. The quantitative estimate of drug-likeness (QED) is 0.244. The van der Waals surface area contributed by atoms with E-state index in [-0.39, 0.29) is 11.1 Å². The van der Waals surface area contributed by atoms with Gasteiger partial charge in [-0.1, -0.05) is 81.0 Å². The molecule has 0 nitrogen and oxygen atoms in total. The Morgan fingerprint density at radius 1 is 0.844 bits per heavy atom. The fourth-order valence-corrected chi connectivity index (χ4v) is 5.25. The molecule has 0 aromatic heterocycles. The van der Waals surface area contributed by atoms with Crippen molar-refractivity contribution in [1.82, 2.24) is 0 Å². The molecular formula is C28H30ClF3. The molecule has 4 heteroatoms. The number of halogens is 4. The molecule has 0 radical (unpaired) electrons. The van der Waals surface area contributed by atoms with Crippen molar-refractivity contribution in [2.75, 3.05) is 0 Å². The summed E-state index contributed by atoms with van der Waals surface area (Å²) >= 11 is 5.57. The van der Waals surface area contributed by atoms with Crippen molar-refractivity contribution in [3.63, 3.8) is 0 Å². The average molecular weight is 459 g/mol. The Bertz CT molecular complexity index is 1060. The van der Waals surface area contributed by atoms with Gasteiger partial charge in [-0.15, -0.1) is 0 Å². The average Bonchev–Trinajstić information content (AvgIpc) is 2.80. The molecular weight excluding hydrogens is 429 g/mol. The van der Waals surface area contributed by atoms with Gasteiger partial charge < -0.3 is 0 Å². The lowest BCUT2D eigenvalue weighted by molar-refractivity contribution is 0.302. The molecule has 0 saturated heterocycles. The van der Waals surface area contributed by atoms with Crippen LogP contribution in [0.5, 0.6) is 0 Å². The first-order valence-corrected chi connectivity index (χ1v) is 12.2. The van der Waals surface area contributed by atoms with E-state index < -0.39 is 22.5 Å². The van der Waals surface area contributed by atoms with E-state index in [2.05, 4.69) is 13.0 Å². The Balaban J connectivity index is 1.49. The van der Waals surface area contributed by atoms with Crippen LogP contribution in [0.3, 0.4) is 0 Å². The number of hydrogen-bond acceptors (Lipinski definition) is 0. The zero-order valence-electron chi connectivity index (χ0n) is 18.6. The van der Waals surface area contributed by atoms with E-state index >= 15 is 4.39 Å². The van der Waals surface area contributed by atoms with Crippen LogP contribution in [0, 0.1) is 23.4 Å². The predicted octanol–water partition coefficient (Wildman–Crippen LogP) is 9.82. The molecule has 4 rings (SSSR count). The molecule has 0 aliphatic heterocycles. The van der Waals surface area contributed by atoms with Crippen molar-refractivity contribution in [1.29, 1.82) is 0 Å². The first kappa shape index (κ1) is 23.2. The Kier molecular flexibility index (Phi) is 7.45. The van der Waals surface area contributed by atoms with Crippen LogP contribution in [0.1, 0.15) is 76.2 Å². The van der Waals surface area contributed by atoms with E-state index in [9.17, 15) is 8.78 Å². The van der Waals surface area contributed by atoms with Gasteiger partial charge in [0.15, 0.2) is 0 Å². The molecule has 0 spiro atoms. The topological polar surface area (TPSA) is 0 Å². The lowest BCUT2D eigenvalue weighted by Gasteiger charge is -2.29. The summed E-state index contributed by atoms with van der Waals surface area (Å²) in [4.78, 5) is 0. The molecule has 1 saturated carbocycles. The minimum Gasteiger partial charge on any atom is -0.206 e. The molecule has 3 aromatic carbocycles. The normalized spacial score (nSPS) is 18.9.